The summed E-state index contributed by atoms with van der Waals surface area (Å²) < 4.78 is 0. The third kappa shape index (κ3) is 4.32. The van der Waals surface area contributed by atoms with Crippen LogP contribution in [0, 0.1) is 19.8 Å². The molecule has 112 valence electrons. The third-order valence-electron chi connectivity index (χ3n) is 4.33. The molecule has 1 saturated carbocycles. The van der Waals surface area contributed by atoms with Crippen molar-refractivity contribution >= 4 is 0 Å². The Morgan fingerprint density at radius 3 is 2.20 bits per heavy atom. The third-order valence-corrected chi connectivity index (χ3v) is 4.33. The molecule has 1 atom stereocenters. The average molecular weight is 274 g/mol. The molecule has 1 unspecified atom stereocenters. The monoisotopic (exact) mass is 274 g/mol. The lowest BCUT2D eigenvalue weighted by Crippen LogP contribution is -2.39. The smallest absolute Gasteiger partial charge is 0.0447 e. The van der Waals surface area contributed by atoms with Crippen molar-refractivity contribution in [2.75, 3.05) is 20.1 Å². The maximum atomic E-state index is 3.51. The van der Waals surface area contributed by atoms with Gasteiger partial charge in [0.05, 0.1) is 0 Å². The largest absolute Gasteiger partial charge is 0.312 e. The molecule has 2 rings (SSSR count). The van der Waals surface area contributed by atoms with E-state index in [2.05, 4.69) is 63.2 Å². The molecule has 1 N–H and O–H groups in total. The topological polar surface area (TPSA) is 15.3 Å². The highest BCUT2D eigenvalue weighted by molar-refractivity contribution is 5.30. The number of likely N-dealkylation sites (N-methyl/N-ethyl adjacent to an activating group) is 1. The molecule has 0 amide bonds. The molecule has 1 aliphatic carbocycles. The van der Waals surface area contributed by atoms with E-state index < -0.39 is 0 Å². The zero-order valence-corrected chi connectivity index (χ0v) is 13.7. The first-order valence-corrected chi connectivity index (χ1v) is 7.99. The summed E-state index contributed by atoms with van der Waals surface area (Å²) in [4.78, 5) is 2.64. The Kier molecular flexibility index (Phi) is 5.22. The molecule has 1 aromatic rings. The summed E-state index contributed by atoms with van der Waals surface area (Å²) in [5.74, 6) is 0.953. The second kappa shape index (κ2) is 6.73. The SMILES string of the molecule is CNC(CN(CC1CC1)C(C)C)c1cc(C)cc(C)c1. The normalized spacial score (nSPS) is 16.9. The predicted molar refractivity (Wildman–Crippen MR) is 87.1 cm³/mol. The van der Waals surface area contributed by atoms with Crippen molar-refractivity contribution in [3.63, 3.8) is 0 Å². The van der Waals surface area contributed by atoms with Crippen molar-refractivity contribution in [1.82, 2.24) is 10.2 Å². The minimum Gasteiger partial charge on any atom is -0.312 e. The number of aryl methyl sites for hydroxylation is 2. The van der Waals surface area contributed by atoms with Crippen LogP contribution in [0.4, 0.5) is 0 Å². The van der Waals surface area contributed by atoms with E-state index in [0.717, 1.165) is 12.5 Å². The summed E-state index contributed by atoms with van der Waals surface area (Å²) in [5.41, 5.74) is 4.14. The summed E-state index contributed by atoms with van der Waals surface area (Å²) in [6.07, 6.45) is 2.86. The predicted octanol–water partition coefficient (Wildman–Crippen LogP) is 3.68. The lowest BCUT2D eigenvalue weighted by molar-refractivity contribution is 0.192. The molecule has 0 aliphatic heterocycles. The summed E-state index contributed by atoms with van der Waals surface area (Å²) in [5, 5.41) is 3.51. The van der Waals surface area contributed by atoms with Crippen molar-refractivity contribution in [3.8, 4) is 0 Å². The van der Waals surface area contributed by atoms with Crippen molar-refractivity contribution in [1.29, 1.82) is 0 Å². The van der Waals surface area contributed by atoms with Crippen LogP contribution in [0.25, 0.3) is 0 Å². The Morgan fingerprint density at radius 1 is 1.15 bits per heavy atom. The Bertz CT molecular complexity index is 415. The molecule has 0 spiro atoms. The van der Waals surface area contributed by atoms with Gasteiger partial charge >= 0.3 is 0 Å². The van der Waals surface area contributed by atoms with Gasteiger partial charge in [0.2, 0.25) is 0 Å². The molecule has 20 heavy (non-hydrogen) atoms. The molecule has 1 fully saturated rings. The van der Waals surface area contributed by atoms with Gasteiger partial charge in [-0.15, -0.1) is 0 Å². The van der Waals surface area contributed by atoms with E-state index in [1.807, 2.05) is 0 Å². The summed E-state index contributed by atoms with van der Waals surface area (Å²) >= 11 is 0. The number of hydrogen-bond acceptors (Lipinski definition) is 2. The van der Waals surface area contributed by atoms with Crippen LogP contribution in [-0.4, -0.2) is 31.1 Å². The first kappa shape index (κ1) is 15.5. The van der Waals surface area contributed by atoms with Crippen LogP contribution in [0.3, 0.4) is 0 Å². The van der Waals surface area contributed by atoms with Gasteiger partial charge in [-0.1, -0.05) is 29.3 Å². The van der Waals surface area contributed by atoms with Gasteiger partial charge < -0.3 is 5.32 Å². The maximum Gasteiger partial charge on any atom is 0.0447 e. The highest BCUT2D eigenvalue weighted by Crippen LogP contribution is 2.31. The Hall–Kier alpha value is -0.860. The van der Waals surface area contributed by atoms with E-state index >= 15 is 0 Å². The quantitative estimate of drug-likeness (QED) is 0.816. The van der Waals surface area contributed by atoms with Gasteiger partial charge in [0, 0.05) is 25.2 Å². The van der Waals surface area contributed by atoms with E-state index in [0.29, 0.717) is 12.1 Å². The van der Waals surface area contributed by atoms with Crippen LogP contribution in [0.5, 0.6) is 0 Å². The first-order valence-electron chi connectivity index (χ1n) is 7.99. The van der Waals surface area contributed by atoms with Crippen molar-refractivity contribution in [3.05, 3.63) is 34.9 Å². The molecule has 1 aliphatic rings. The van der Waals surface area contributed by atoms with Gasteiger partial charge in [0.25, 0.3) is 0 Å². The van der Waals surface area contributed by atoms with E-state index in [1.54, 1.807) is 0 Å². The summed E-state index contributed by atoms with van der Waals surface area (Å²) in [7, 11) is 2.08. The van der Waals surface area contributed by atoms with Crippen LogP contribution in [-0.2, 0) is 0 Å². The Morgan fingerprint density at radius 2 is 1.75 bits per heavy atom. The molecule has 1 aromatic carbocycles. The lowest BCUT2D eigenvalue weighted by Gasteiger charge is -2.31. The molecule has 0 bridgehead atoms. The number of benzene rings is 1. The zero-order chi connectivity index (χ0) is 14.7. The van der Waals surface area contributed by atoms with E-state index in [9.17, 15) is 0 Å². The van der Waals surface area contributed by atoms with Crippen LogP contribution >= 0.6 is 0 Å². The van der Waals surface area contributed by atoms with Gasteiger partial charge in [-0.3, -0.25) is 4.90 Å². The van der Waals surface area contributed by atoms with Crippen molar-refractivity contribution < 1.29 is 0 Å². The fourth-order valence-corrected chi connectivity index (χ4v) is 2.94. The zero-order valence-electron chi connectivity index (χ0n) is 13.7. The van der Waals surface area contributed by atoms with Crippen LogP contribution in [0.2, 0.25) is 0 Å². The Balaban J connectivity index is 2.09. The molecular weight excluding hydrogens is 244 g/mol. The Labute approximate surface area is 124 Å². The lowest BCUT2D eigenvalue weighted by atomic mass is 10.0. The van der Waals surface area contributed by atoms with Gasteiger partial charge in [-0.2, -0.15) is 0 Å². The molecule has 2 heteroatoms. The van der Waals surface area contributed by atoms with Gasteiger partial charge in [0.1, 0.15) is 0 Å². The maximum absolute atomic E-state index is 3.51. The van der Waals surface area contributed by atoms with Gasteiger partial charge in [0.15, 0.2) is 0 Å². The van der Waals surface area contributed by atoms with E-state index in [4.69, 9.17) is 0 Å². The van der Waals surface area contributed by atoms with Crippen LogP contribution < -0.4 is 5.32 Å². The first-order chi connectivity index (χ1) is 9.49. The second-order valence-electron chi connectivity index (χ2n) is 6.75. The molecule has 0 aromatic heterocycles. The highest BCUT2D eigenvalue weighted by atomic mass is 15.2. The van der Waals surface area contributed by atoms with E-state index in [-0.39, 0.29) is 0 Å². The highest BCUT2D eigenvalue weighted by Gasteiger charge is 2.27. The number of hydrogen-bond donors (Lipinski definition) is 1. The standard InChI is InChI=1S/C18H30N2/c1-13(2)20(11-16-6-7-16)12-18(19-5)17-9-14(3)8-15(4)10-17/h8-10,13,16,18-19H,6-7,11-12H2,1-5H3. The fourth-order valence-electron chi connectivity index (χ4n) is 2.94. The van der Waals surface area contributed by atoms with Crippen LogP contribution in [0.1, 0.15) is 49.4 Å². The molecule has 0 radical (unpaired) electrons. The summed E-state index contributed by atoms with van der Waals surface area (Å²) in [6.45, 7) is 11.4. The van der Waals surface area contributed by atoms with Crippen molar-refractivity contribution in [2.24, 2.45) is 5.92 Å². The minimum absolute atomic E-state index is 0.426. The minimum atomic E-state index is 0.426. The molecular formula is C18H30N2. The number of nitrogens with one attached hydrogen (secondary N) is 1. The van der Waals surface area contributed by atoms with E-state index in [1.165, 1.54) is 36.1 Å². The van der Waals surface area contributed by atoms with Gasteiger partial charge in [-0.05, 0) is 59.1 Å². The molecule has 2 nitrogen and oxygen atoms in total. The summed E-state index contributed by atoms with van der Waals surface area (Å²) in [6, 6.07) is 7.95. The van der Waals surface area contributed by atoms with Crippen molar-refractivity contribution in [2.45, 2.75) is 52.6 Å². The number of nitrogens with zero attached hydrogens (tertiary/aromatic N) is 1. The fraction of sp³-hybridized carbons (Fsp3) is 0.667. The molecule has 0 saturated heterocycles. The molecule has 0 heterocycles. The van der Waals surface area contributed by atoms with Crippen LogP contribution in [0.15, 0.2) is 18.2 Å². The number of rotatable bonds is 7. The van der Waals surface area contributed by atoms with Gasteiger partial charge in [-0.25, -0.2) is 0 Å². The average Bonchev–Trinajstić information content (AvgIpc) is 3.16. The second-order valence-corrected chi connectivity index (χ2v) is 6.75.